The number of nitrogens with zero attached hydrogens (tertiary/aromatic N) is 3. The lowest BCUT2D eigenvalue weighted by atomic mass is 10.3. The van der Waals surface area contributed by atoms with Crippen molar-refractivity contribution in [2.24, 2.45) is 0 Å². The number of hydrogen-bond acceptors (Lipinski definition) is 3. The molecule has 1 aromatic carbocycles. The van der Waals surface area contributed by atoms with E-state index in [1.165, 1.54) is 12.3 Å². The lowest BCUT2D eigenvalue weighted by Gasteiger charge is -2.08. The van der Waals surface area contributed by atoms with E-state index in [9.17, 15) is 4.39 Å². The third-order valence-corrected chi connectivity index (χ3v) is 3.79. The number of rotatable bonds is 3. The van der Waals surface area contributed by atoms with Crippen LogP contribution < -0.4 is 0 Å². The Kier molecular flexibility index (Phi) is 3.52. The fourth-order valence-electron chi connectivity index (χ4n) is 2.09. The highest BCUT2D eigenvalue weighted by Crippen LogP contribution is 2.29. The Morgan fingerprint density at radius 3 is 2.95 bits per heavy atom. The van der Waals surface area contributed by atoms with Gasteiger partial charge in [-0.1, -0.05) is 5.16 Å². The molecule has 2 heterocycles. The fraction of sp³-hybridized carbons (Fsp3) is 0.231. The number of benzene rings is 1. The molecular formula is C13H10BrClFN3O. The number of hydrogen-bond donors (Lipinski definition) is 0. The minimum Gasteiger partial charge on any atom is -0.364 e. The van der Waals surface area contributed by atoms with Crippen LogP contribution in [0.25, 0.3) is 11.0 Å². The van der Waals surface area contributed by atoms with Gasteiger partial charge in [0.25, 0.3) is 0 Å². The molecule has 0 aliphatic rings. The number of alkyl halides is 1. The number of halogens is 3. The van der Waals surface area contributed by atoms with Gasteiger partial charge in [-0.3, -0.25) is 0 Å². The molecule has 0 radical (unpaired) electrons. The van der Waals surface area contributed by atoms with E-state index in [1.807, 2.05) is 11.5 Å². The van der Waals surface area contributed by atoms with E-state index in [0.29, 0.717) is 22.4 Å². The van der Waals surface area contributed by atoms with Crippen LogP contribution in [0.2, 0.25) is 0 Å². The Balaban J connectivity index is 2.20. The van der Waals surface area contributed by atoms with Crippen LogP contribution in [0.4, 0.5) is 4.39 Å². The van der Waals surface area contributed by atoms with Gasteiger partial charge in [0.05, 0.1) is 27.4 Å². The average molecular weight is 359 g/mol. The zero-order valence-electron chi connectivity index (χ0n) is 10.5. The van der Waals surface area contributed by atoms with Gasteiger partial charge in [0, 0.05) is 12.1 Å². The lowest BCUT2D eigenvalue weighted by Crippen LogP contribution is -2.06. The first kappa shape index (κ1) is 13.6. The Morgan fingerprint density at radius 2 is 2.30 bits per heavy atom. The summed E-state index contributed by atoms with van der Waals surface area (Å²) in [6, 6.07) is 4.86. The van der Waals surface area contributed by atoms with Gasteiger partial charge in [-0.2, -0.15) is 0 Å². The topological polar surface area (TPSA) is 43.9 Å². The van der Waals surface area contributed by atoms with E-state index in [2.05, 4.69) is 26.1 Å². The van der Waals surface area contributed by atoms with E-state index < -0.39 is 0 Å². The third-order valence-electron chi connectivity index (χ3n) is 2.99. The minimum atomic E-state index is -0.350. The van der Waals surface area contributed by atoms with Crippen LogP contribution in [-0.4, -0.2) is 14.7 Å². The second-order valence-electron chi connectivity index (χ2n) is 4.42. The van der Waals surface area contributed by atoms with E-state index in [4.69, 9.17) is 16.1 Å². The number of aromatic nitrogens is 3. The second-order valence-corrected chi connectivity index (χ2v) is 5.93. The summed E-state index contributed by atoms with van der Waals surface area (Å²) in [7, 11) is 0. The standard InChI is InChI=1S/C13H10BrClFN3O/c1-7(15)13-17-11-5-10(16)9(14)4-12(11)19(13)6-8-2-3-20-18-8/h2-5,7H,6H2,1H3. The van der Waals surface area contributed by atoms with Crippen LogP contribution in [0.5, 0.6) is 0 Å². The van der Waals surface area contributed by atoms with Gasteiger partial charge in [-0.15, -0.1) is 11.6 Å². The van der Waals surface area contributed by atoms with Gasteiger partial charge >= 0.3 is 0 Å². The van der Waals surface area contributed by atoms with Crippen molar-refractivity contribution >= 4 is 38.6 Å². The SMILES string of the molecule is CC(Cl)c1nc2cc(F)c(Br)cc2n1Cc1ccon1. The van der Waals surface area contributed by atoms with Crippen LogP contribution in [-0.2, 0) is 6.54 Å². The van der Waals surface area contributed by atoms with Crippen molar-refractivity contribution < 1.29 is 8.91 Å². The van der Waals surface area contributed by atoms with Crippen molar-refractivity contribution in [3.05, 3.63) is 46.3 Å². The highest BCUT2D eigenvalue weighted by molar-refractivity contribution is 9.10. The van der Waals surface area contributed by atoms with Crippen molar-refractivity contribution in [3.8, 4) is 0 Å². The van der Waals surface area contributed by atoms with Crippen molar-refractivity contribution in [1.29, 1.82) is 0 Å². The molecular weight excluding hydrogens is 349 g/mol. The molecule has 7 heteroatoms. The summed E-state index contributed by atoms with van der Waals surface area (Å²) in [5.41, 5.74) is 2.11. The predicted molar refractivity (Wildman–Crippen MR) is 77.3 cm³/mol. The molecule has 20 heavy (non-hydrogen) atoms. The van der Waals surface area contributed by atoms with Crippen molar-refractivity contribution in [3.63, 3.8) is 0 Å². The molecule has 0 amide bonds. The second kappa shape index (κ2) is 5.18. The molecule has 0 saturated carbocycles. The summed E-state index contributed by atoms with van der Waals surface area (Å²) in [4.78, 5) is 4.41. The Morgan fingerprint density at radius 1 is 1.50 bits per heavy atom. The lowest BCUT2D eigenvalue weighted by molar-refractivity contribution is 0.409. The molecule has 2 aromatic heterocycles. The zero-order chi connectivity index (χ0) is 14.3. The van der Waals surface area contributed by atoms with Crippen LogP contribution >= 0.6 is 27.5 Å². The van der Waals surface area contributed by atoms with E-state index in [1.54, 1.807) is 12.1 Å². The first-order chi connectivity index (χ1) is 9.56. The van der Waals surface area contributed by atoms with Gasteiger partial charge in [-0.25, -0.2) is 9.37 Å². The Labute approximate surface area is 127 Å². The maximum Gasteiger partial charge on any atom is 0.139 e. The maximum atomic E-state index is 13.6. The van der Waals surface area contributed by atoms with Crippen LogP contribution in [0.15, 0.2) is 33.5 Å². The molecule has 0 N–H and O–H groups in total. The van der Waals surface area contributed by atoms with Crippen molar-refractivity contribution in [1.82, 2.24) is 14.7 Å². The van der Waals surface area contributed by atoms with Crippen LogP contribution in [0, 0.1) is 5.82 Å². The largest absolute Gasteiger partial charge is 0.364 e. The molecule has 0 aliphatic carbocycles. The zero-order valence-corrected chi connectivity index (χ0v) is 12.8. The average Bonchev–Trinajstić information content (AvgIpc) is 3.00. The molecule has 0 spiro atoms. The molecule has 4 nitrogen and oxygen atoms in total. The first-order valence-corrected chi connectivity index (χ1v) is 7.17. The molecule has 1 atom stereocenters. The summed E-state index contributed by atoms with van der Waals surface area (Å²) in [5.74, 6) is 0.319. The van der Waals surface area contributed by atoms with Gasteiger partial charge < -0.3 is 9.09 Å². The van der Waals surface area contributed by atoms with Gasteiger partial charge in [0.2, 0.25) is 0 Å². The maximum absolute atomic E-state index is 13.6. The predicted octanol–water partition coefficient (Wildman–Crippen LogP) is 4.27. The summed E-state index contributed by atoms with van der Waals surface area (Å²) in [6.45, 7) is 2.30. The van der Waals surface area contributed by atoms with Gasteiger partial charge in [0.1, 0.15) is 23.6 Å². The molecule has 0 fully saturated rings. The molecule has 3 aromatic rings. The summed E-state index contributed by atoms with van der Waals surface area (Å²) in [6.07, 6.45) is 1.51. The molecule has 3 rings (SSSR count). The van der Waals surface area contributed by atoms with Crippen LogP contribution in [0.3, 0.4) is 0 Å². The normalized spacial score (nSPS) is 13.0. The quantitative estimate of drug-likeness (QED) is 0.657. The fourth-order valence-corrected chi connectivity index (χ4v) is 2.59. The number of fused-ring (bicyclic) bond motifs is 1. The molecule has 0 saturated heterocycles. The van der Waals surface area contributed by atoms with Gasteiger partial charge in [0.15, 0.2) is 0 Å². The molecule has 1 unspecified atom stereocenters. The monoisotopic (exact) mass is 357 g/mol. The number of imidazole rings is 1. The molecule has 0 bridgehead atoms. The van der Waals surface area contributed by atoms with E-state index in [0.717, 1.165) is 11.2 Å². The van der Waals surface area contributed by atoms with Crippen LogP contribution in [0.1, 0.15) is 23.8 Å². The Hall–Kier alpha value is -1.40. The molecule has 0 aliphatic heterocycles. The van der Waals surface area contributed by atoms with E-state index in [-0.39, 0.29) is 11.2 Å². The smallest absolute Gasteiger partial charge is 0.139 e. The summed E-state index contributed by atoms with van der Waals surface area (Å²) in [5, 5.41) is 3.59. The molecule has 104 valence electrons. The first-order valence-electron chi connectivity index (χ1n) is 5.95. The van der Waals surface area contributed by atoms with E-state index >= 15 is 0 Å². The highest BCUT2D eigenvalue weighted by atomic mass is 79.9. The third kappa shape index (κ3) is 2.33. The van der Waals surface area contributed by atoms with Crippen molar-refractivity contribution in [2.75, 3.05) is 0 Å². The van der Waals surface area contributed by atoms with Gasteiger partial charge in [-0.05, 0) is 28.9 Å². The summed E-state index contributed by atoms with van der Waals surface area (Å²) < 4.78 is 20.7. The minimum absolute atomic E-state index is 0.295. The Bertz CT molecular complexity index is 755. The summed E-state index contributed by atoms with van der Waals surface area (Å²) >= 11 is 9.36. The highest BCUT2D eigenvalue weighted by Gasteiger charge is 2.17. The van der Waals surface area contributed by atoms with Crippen molar-refractivity contribution in [2.45, 2.75) is 18.8 Å².